The minimum Gasteiger partial charge on any atom is -0.369 e. The number of carbonyl (C=O) groups is 1. The number of likely N-dealkylation sites (tertiary alicyclic amines) is 1. The van der Waals surface area contributed by atoms with Crippen LogP contribution in [0.5, 0.6) is 0 Å². The van der Waals surface area contributed by atoms with Crippen molar-refractivity contribution in [3.05, 3.63) is 53.5 Å². The second kappa shape index (κ2) is 6.70. The molecular formula is C22H20N4O2. The maximum atomic E-state index is 12.1. The van der Waals surface area contributed by atoms with Gasteiger partial charge in [-0.1, -0.05) is 24.0 Å². The van der Waals surface area contributed by atoms with E-state index in [0.717, 1.165) is 33.5 Å². The Morgan fingerprint density at radius 3 is 2.75 bits per heavy atom. The molecule has 0 saturated carbocycles. The molecule has 1 N–H and O–H groups in total. The van der Waals surface area contributed by atoms with Gasteiger partial charge in [0, 0.05) is 31.1 Å². The standard InChI is InChI=1S/C22H20N4O2/c1-14-11-18(25-20-15(2)23-13-24-19(14)20)17-6-4-5-16(12-17)7-8-22(28)9-10-26(3)21(22)27/h4-6,11-13,28H,9-10H2,1-3H3. The van der Waals surface area contributed by atoms with Crippen LogP contribution in [0, 0.1) is 25.7 Å². The molecule has 1 saturated heterocycles. The number of aliphatic hydroxyl groups is 1. The van der Waals surface area contributed by atoms with Crippen molar-refractivity contribution in [2.24, 2.45) is 0 Å². The summed E-state index contributed by atoms with van der Waals surface area (Å²) in [5, 5.41) is 10.5. The Bertz CT molecular complexity index is 1160. The van der Waals surface area contributed by atoms with Crippen LogP contribution >= 0.6 is 0 Å². The Kier molecular flexibility index (Phi) is 4.33. The summed E-state index contributed by atoms with van der Waals surface area (Å²) in [6, 6.07) is 9.60. The number of carbonyl (C=O) groups excluding carboxylic acids is 1. The minimum absolute atomic E-state index is 0.319. The molecule has 1 atom stereocenters. The number of nitrogens with zero attached hydrogens (tertiary/aromatic N) is 4. The van der Waals surface area contributed by atoms with Gasteiger partial charge in [0.05, 0.1) is 16.9 Å². The van der Waals surface area contributed by atoms with Crippen molar-refractivity contribution in [1.82, 2.24) is 19.9 Å². The van der Waals surface area contributed by atoms with E-state index >= 15 is 0 Å². The van der Waals surface area contributed by atoms with Crippen LogP contribution in [0.2, 0.25) is 0 Å². The van der Waals surface area contributed by atoms with E-state index in [2.05, 4.69) is 21.8 Å². The van der Waals surface area contributed by atoms with Gasteiger partial charge in [-0.05, 0) is 37.6 Å². The lowest BCUT2D eigenvalue weighted by molar-refractivity contribution is -0.137. The zero-order valence-electron chi connectivity index (χ0n) is 16.0. The topological polar surface area (TPSA) is 79.2 Å². The van der Waals surface area contributed by atoms with Crippen LogP contribution in [0.25, 0.3) is 22.3 Å². The lowest BCUT2D eigenvalue weighted by Gasteiger charge is -2.13. The number of aryl methyl sites for hydroxylation is 2. The van der Waals surface area contributed by atoms with Gasteiger partial charge >= 0.3 is 0 Å². The number of amides is 1. The SMILES string of the molecule is Cc1cc(-c2cccc(C#CC3(O)CCN(C)C3=O)c2)nc2c(C)ncnc12. The van der Waals surface area contributed by atoms with E-state index in [0.29, 0.717) is 18.5 Å². The third kappa shape index (κ3) is 3.10. The molecule has 2 aromatic heterocycles. The predicted octanol–water partition coefficient (Wildman–Crippen LogP) is 2.25. The van der Waals surface area contributed by atoms with Gasteiger partial charge in [-0.3, -0.25) is 4.79 Å². The molecule has 0 radical (unpaired) electrons. The van der Waals surface area contributed by atoms with Crippen LogP contribution in [-0.4, -0.2) is 50.1 Å². The summed E-state index contributed by atoms with van der Waals surface area (Å²) in [6.45, 7) is 4.42. The fourth-order valence-electron chi connectivity index (χ4n) is 3.36. The van der Waals surface area contributed by atoms with Gasteiger partial charge in [-0.15, -0.1) is 0 Å². The molecular weight excluding hydrogens is 352 g/mol. The smallest absolute Gasteiger partial charge is 0.267 e. The zero-order chi connectivity index (χ0) is 19.9. The van der Waals surface area contributed by atoms with Crippen molar-refractivity contribution < 1.29 is 9.90 Å². The lowest BCUT2D eigenvalue weighted by Crippen LogP contribution is -2.37. The molecule has 1 amide bonds. The number of aromatic nitrogens is 3. The van der Waals surface area contributed by atoms with Crippen molar-refractivity contribution >= 4 is 16.9 Å². The van der Waals surface area contributed by atoms with Crippen LogP contribution in [0.4, 0.5) is 0 Å². The molecule has 1 aliphatic heterocycles. The van der Waals surface area contributed by atoms with Crippen molar-refractivity contribution in [1.29, 1.82) is 0 Å². The largest absolute Gasteiger partial charge is 0.369 e. The minimum atomic E-state index is -1.60. The Balaban J connectivity index is 1.73. The van der Waals surface area contributed by atoms with E-state index in [1.165, 1.54) is 4.90 Å². The van der Waals surface area contributed by atoms with Crippen LogP contribution in [0.3, 0.4) is 0 Å². The van der Waals surface area contributed by atoms with E-state index in [1.54, 1.807) is 13.4 Å². The molecule has 6 heteroatoms. The van der Waals surface area contributed by atoms with Gasteiger partial charge in [0.25, 0.3) is 5.91 Å². The summed E-state index contributed by atoms with van der Waals surface area (Å²) < 4.78 is 0. The number of fused-ring (bicyclic) bond motifs is 1. The quantitative estimate of drug-likeness (QED) is 0.663. The summed E-state index contributed by atoms with van der Waals surface area (Å²) in [5.41, 5.74) is 4.31. The molecule has 1 unspecified atom stereocenters. The molecule has 140 valence electrons. The Labute approximate surface area is 163 Å². The van der Waals surface area contributed by atoms with Gasteiger partial charge < -0.3 is 10.0 Å². The van der Waals surface area contributed by atoms with Crippen molar-refractivity contribution in [3.8, 4) is 23.1 Å². The zero-order valence-corrected chi connectivity index (χ0v) is 16.0. The number of hydrogen-bond donors (Lipinski definition) is 1. The average molecular weight is 372 g/mol. The molecule has 0 bridgehead atoms. The van der Waals surface area contributed by atoms with Crippen LogP contribution in [-0.2, 0) is 4.79 Å². The molecule has 1 fully saturated rings. The van der Waals surface area contributed by atoms with Crippen LogP contribution in [0.1, 0.15) is 23.2 Å². The summed E-state index contributed by atoms with van der Waals surface area (Å²) in [4.78, 5) is 26.9. The third-order valence-corrected chi connectivity index (χ3v) is 5.05. The highest BCUT2D eigenvalue weighted by atomic mass is 16.3. The summed E-state index contributed by atoms with van der Waals surface area (Å²) in [6.07, 6.45) is 1.87. The summed E-state index contributed by atoms with van der Waals surface area (Å²) >= 11 is 0. The fourth-order valence-corrected chi connectivity index (χ4v) is 3.36. The Hall–Kier alpha value is -3.30. The highest BCUT2D eigenvalue weighted by molar-refractivity contribution is 5.90. The van der Waals surface area contributed by atoms with Gasteiger partial charge in [-0.25, -0.2) is 15.0 Å². The second-order valence-corrected chi connectivity index (χ2v) is 7.15. The maximum Gasteiger partial charge on any atom is 0.267 e. The predicted molar refractivity (Wildman–Crippen MR) is 106 cm³/mol. The molecule has 28 heavy (non-hydrogen) atoms. The summed E-state index contributed by atoms with van der Waals surface area (Å²) in [5.74, 6) is 5.36. The molecule has 1 aliphatic rings. The van der Waals surface area contributed by atoms with E-state index < -0.39 is 5.60 Å². The molecule has 6 nitrogen and oxygen atoms in total. The Morgan fingerprint density at radius 2 is 2.00 bits per heavy atom. The van der Waals surface area contributed by atoms with Gasteiger partial charge in [0.1, 0.15) is 11.8 Å². The first kappa shape index (κ1) is 18.1. The average Bonchev–Trinajstić information content (AvgIpc) is 2.95. The van der Waals surface area contributed by atoms with E-state index in [-0.39, 0.29) is 5.91 Å². The molecule has 3 heterocycles. The van der Waals surface area contributed by atoms with Crippen molar-refractivity contribution in [3.63, 3.8) is 0 Å². The first-order valence-electron chi connectivity index (χ1n) is 9.08. The van der Waals surface area contributed by atoms with E-state index in [4.69, 9.17) is 4.98 Å². The Morgan fingerprint density at radius 1 is 1.18 bits per heavy atom. The first-order valence-corrected chi connectivity index (χ1v) is 9.08. The number of rotatable bonds is 1. The number of pyridine rings is 1. The van der Waals surface area contributed by atoms with Crippen molar-refractivity contribution in [2.75, 3.05) is 13.6 Å². The lowest BCUT2D eigenvalue weighted by atomic mass is 10.0. The number of hydrogen-bond acceptors (Lipinski definition) is 5. The van der Waals surface area contributed by atoms with E-state index in [9.17, 15) is 9.90 Å². The van der Waals surface area contributed by atoms with Gasteiger partial charge in [-0.2, -0.15) is 0 Å². The van der Waals surface area contributed by atoms with Gasteiger partial charge in [0.2, 0.25) is 5.60 Å². The first-order chi connectivity index (χ1) is 13.4. The monoisotopic (exact) mass is 372 g/mol. The maximum absolute atomic E-state index is 12.1. The highest BCUT2D eigenvalue weighted by Crippen LogP contribution is 2.25. The molecule has 3 aromatic rings. The molecule has 1 aromatic carbocycles. The number of benzene rings is 1. The molecule has 4 rings (SSSR count). The van der Waals surface area contributed by atoms with Crippen molar-refractivity contribution in [2.45, 2.75) is 25.9 Å². The normalized spacial score (nSPS) is 19.0. The molecule has 0 spiro atoms. The number of likely N-dealkylation sites (N-methyl/N-ethyl adjacent to an activating group) is 1. The third-order valence-electron chi connectivity index (χ3n) is 5.05. The van der Waals surface area contributed by atoms with Crippen LogP contribution < -0.4 is 0 Å². The highest BCUT2D eigenvalue weighted by Gasteiger charge is 2.42. The fraction of sp³-hybridized carbons (Fsp3) is 0.273. The second-order valence-electron chi connectivity index (χ2n) is 7.15. The molecule has 0 aliphatic carbocycles. The van der Waals surface area contributed by atoms with Crippen LogP contribution in [0.15, 0.2) is 36.7 Å². The van der Waals surface area contributed by atoms with E-state index in [1.807, 2.05) is 44.2 Å². The summed E-state index contributed by atoms with van der Waals surface area (Å²) in [7, 11) is 1.67. The van der Waals surface area contributed by atoms with Gasteiger partial charge in [0.15, 0.2) is 0 Å².